The summed E-state index contributed by atoms with van der Waals surface area (Å²) in [6.07, 6.45) is 3.01. The minimum atomic E-state index is 1.11. The summed E-state index contributed by atoms with van der Waals surface area (Å²) >= 11 is 0. The van der Waals surface area contributed by atoms with E-state index in [1.54, 1.807) is 0 Å². The highest BCUT2D eigenvalue weighted by Gasteiger charge is 2.40. The van der Waals surface area contributed by atoms with Crippen LogP contribution in [0.15, 0.2) is 0 Å². The molecule has 0 N–H and O–H groups in total. The first-order valence-electron chi connectivity index (χ1n) is 3.55. The zero-order valence-electron chi connectivity index (χ0n) is 5.43. The summed E-state index contributed by atoms with van der Waals surface area (Å²) in [6.45, 7) is 2.73. The van der Waals surface area contributed by atoms with Crippen LogP contribution in [0.3, 0.4) is 0 Å². The van der Waals surface area contributed by atoms with Gasteiger partial charge in [-0.25, -0.2) is 0 Å². The standard InChI is InChI=1S/C7H13N/c1-8-3-2-6-4-7(6)5-8/h6-7H,2-5H2,1H3/t6-,7?/m0/s1. The molecule has 1 saturated heterocycles. The van der Waals surface area contributed by atoms with E-state index in [-0.39, 0.29) is 0 Å². The lowest BCUT2D eigenvalue weighted by Gasteiger charge is -2.20. The highest BCUT2D eigenvalue weighted by molar-refractivity contribution is 4.91. The van der Waals surface area contributed by atoms with Crippen LogP contribution in [0, 0.1) is 11.8 Å². The fourth-order valence-electron chi connectivity index (χ4n) is 1.77. The third-order valence-electron chi connectivity index (χ3n) is 2.50. The maximum absolute atomic E-state index is 2.45. The Morgan fingerprint density at radius 3 is 2.88 bits per heavy atom. The maximum atomic E-state index is 2.45. The van der Waals surface area contributed by atoms with Crippen molar-refractivity contribution >= 4 is 0 Å². The Bertz CT molecular complexity index is 101. The van der Waals surface area contributed by atoms with Crippen LogP contribution in [0.2, 0.25) is 0 Å². The summed E-state index contributed by atoms with van der Waals surface area (Å²) in [7, 11) is 2.23. The third-order valence-corrected chi connectivity index (χ3v) is 2.50. The first-order chi connectivity index (χ1) is 3.86. The fraction of sp³-hybridized carbons (Fsp3) is 1.00. The Balaban J connectivity index is 1.93. The second-order valence-electron chi connectivity index (χ2n) is 3.31. The molecule has 0 aromatic heterocycles. The molecule has 0 radical (unpaired) electrons. The largest absolute Gasteiger partial charge is 0.306 e. The van der Waals surface area contributed by atoms with Gasteiger partial charge in [-0.05, 0) is 38.3 Å². The number of piperidine rings is 1. The highest BCUT2D eigenvalue weighted by atomic mass is 15.1. The van der Waals surface area contributed by atoms with Crippen LogP contribution >= 0.6 is 0 Å². The van der Waals surface area contributed by atoms with Crippen molar-refractivity contribution in [2.45, 2.75) is 12.8 Å². The van der Waals surface area contributed by atoms with Gasteiger partial charge >= 0.3 is 0 Å². The number of rotatable bonds is 0. The quantitative estimate of drug-likeness (QED) is 0.450. The van der Waals surface area contributed by atoms with Crippen LogP contribution < -0.4 is 0 Å². The molecule has 1 aliphatic carbocycles. The van der Waals surface area contributed by atoms with Crippen LogP contribution in [-0.2, 0) is 0 Å². The highest BCUT2D eigenvalue weighted by Crippen LogP contribution is 2.44. The molecule has 0 aromatic rings. The summed E-state index contributed by atoms with van der Waals surface area (Å²) in [5, 5.41) is 0. The fourth-order valence-corrected chi connectivity index (χ4v) is 1.77. The first kappa shape index (κ1) is 4.80. The van der Waals surface area contributed by atoms with Gasteiger partial charge in [0.25, 0.3) is 0 Å². The van der Waals surface area contributed by atoms with Gasteiger partial charge in [0.05, 0.1) is 0 Å². The van der Waals surface area contributed by atoms with Crippen molar-refractivity contribution < 1.29 is 0 Å². The number of likely N-dealkylation sites (tertiary alicyclic amines) is 1. The van der Waals surface area contributed by atoms with Crippen molar-refractivity contribution in [3.63, 3.8) is 0 Å². The minimum absolute atomic E-state index is 1.11. The van der Waals surface area contributed by atoms with E-state index in [2.05, 4.69) is 11.9 Å². The topological polar surface area (TPSA) is 3.24 Å². The van der Waals surface area contributed by atoms with Crippen LogP contribution in [0.4, 0.5) is 0 Å². The van der Waals surface area contributed by atoms with E-state index in [0.29, 0.717) is 0 Å². The predicted molar refractivity (Wildman–Crippen MR) is 33.7 cm³/mol. The van der Waals surface area contributed by atoms with E-state index in [1.165, 1.54) is 25.9 Å². The molecule has 0 amide bonds. The molecule has 2 rings (SSSR count). The van der Waals surface area contributed by atoms with Gasteiger partial charge in [-0.2, -0.15) is 0 Å². The van der Waals surface area contributed by atoms with Crippen molar-refractivity contribution in [1.29, 1.82) is 0 Å². The lowest BCUT2D eigenvalue weighted by Crippen LogP contribution is -2.26. The van der Waals surface area contributed by atoms with Crippen molar-refractivity contribution in [2.24, 2.45) is 11.8 Å². The average Bonchev–Trinajstić information content (AvgIpc) is 2.43. The van der Waals surface area contributed by atoms with Gasteiger partial charge in [0.15, 0.2) is 0 Å². The number of fused-ring (bicyclic) bond motifs is 1. The molecule has 1 unspecified atom stereocenters. The summed E-state index contributed by atoms with van der Waals surface area (Å²) < 4.78 is 0. The lowest BCUT2D eigenvalue weighted by atomic mass is 10.1. The van der Waals surface area contributed by atoms with Crippen LogP contribution in [0.25, 0.3) is 0 Å². The van der Waals surface area contributed by atoms with E-state index in [0.717, 1.165) is 11.8 Å². The van der Waals surface area contributed by atoms with Gasteiger partial charge in [-0.1, -0.05) is 0 Å². The molecular formula is C7H13N. The van der Waals surface area contributed by atoms with Gasteiger partial charge in [-0.3, -0.25) is 0 Å². The first-order valence-corrected chi connectivity index (χ1v) is 3.55. The zero-order chi connectivity index (χ0) is 5.56. The molecule has 1 heterocycles. The average molecular weight is 111 g/mol. The minimum Gasteiger partial charge on any atom is -0.306 e. The Morgan fingerprint density at radius 2 is 2.25 bits per heavy atom. The van der Waals surface area contributed by atoms with Gasteiger partial charge < -0.3 is 4.90 Å². The molecule has 1 heteroatoms. The van der Waals surface area contributed by atoms with Crippen molar-refractivity contribution in [3.8, 4) is 0 Å². The van der Waals surface area contributed by atoms with E-state index in [9.17, 15) is 0 Å². The molecule has 1 aliphatic heterocycles. The van der Waals surface area contributed by atoms with Gasteiger partial charge in [0.2, 0.25) is 0 Å². The Kier molecular flexibility index (Phi) is 0.884. The van der Waals surface area contributed by atoms with Gasteiger partial charge in [0.1, 0.15) is 0 Å². The molecule has 2 fully saturated rings. The van der Waals surface area contributed by atoms with E-state index in [1.807, 2.05) is 0 Å². The van der Waals surface area contributed by atoms with Gasteiger partial charge in [0, 0.05) is 6.54 Å². The third kappa shape index (κ3) is 0.655. The Morgan fingerprint density at radius 1 is 1.38 bits per heavy atom. The molecule has 1 nitrogen and oxygen atoms in total. The van der Waals surface area contributed by atoms with Crippen LogP contribution in [0.1, 0.15) is 12.8 Å². The van der Waals surface area contributed by atoms with Crippen molar-refractivity contribution in [1.82, 2.24) is 4.90 Å². The second-order valence-corrected chi connectivity index (χ2v) is 3.31. The summed E-state index contributed by atoms with van der Waals surface area (Å²) in [6, 6.07) is 0. The molecule has 0 spiro atoms. The molecule has 2 aliphatic rings. The van der Waals surface area contributed by atoms with Crippen LogP contribution in [0.5, 0.6) is 0 Å². The Labute approximate surface area is 50.7 Å². The number of hydrogen-bond donors (Lipinski definition) is 0. The Hall–Kier alpha value is -0.0400. The van der Waals surface area contributed by atoms with Crippen molar-refractivity contribution in [3.05, 3.63) is 0 Å². The smallest absolute Gasteiger partial charge is 0.000937 e. The van der Waals surface area contributed by atoms with Crippen LogP contribution in [-0.4, -0.2) is 25.0 Å². The monoisotopic (exact) mass is 111 g/mol. The number of nitrogens with zero attached hydrogens (tertiary/aromatic N) is 1. The zero-order valence-corrected chi connectivity index (χ0v) is 5.43. The predicted octanol–water partition coefficient (Wildman–Crippen LogP) is 0.958. The van der Waals surface area contributed by atoms with E-state index >= 15 is 0 Å². The second kappa shape index (κ2) is 1.47. The van der Waals surface area contributed by atoms with Gasteiger partial charge in [-0.15, -0.1) is 0 Å². The molecular weight excluding hydrogens is 98.1 g/mol. The molecule has 2 atom stereocenters. The SMILES string of the molecule is CN1CC[C@H]2CC2C1. The van der Waals surface area contributed by atoms with Crippen molar-refractivity contribution in [2.75, 3.05) is 20.1 Å². The summed E-state index contributed by atoms with van der Waals surface area (Å²) in [5.41, 5.74) is 0. The molecule has 0 aromatic carbocycles. The van der Waals surface area contributed by atoms with E-state index < -0.39 is 0 Å². The molecule has 46 valence electrons. The molecule has 1 saturated carbocycles. The summed E-state index contributed by atoms with van der Waals surface area (Å²) in [5.74, 6) is 2.25. The maximum Gasteiger partial charge on any atom is 0.000937 e. The lowest BCUT2D eigenvalue weighted by molar-refractivity contribution is 0.266. The number of hydrogen-bond acceptors (Lipinski definition) is 1. The normalized spacial score (nSPS) is 46.1. The summed E-state index contributed by atoms with van der Waals surface area (Å²) in [4.78, 5) is 2.45. The van der Waals surface area contributed by atoms with E-state index in [4.69, 9.17) is 0 Å². The molecule has 8 heavy (non-hydrogen) atoms. The molecule has 0 bridgehead atoms.